The second-order valence-corrected chi connectivity index (χ2v) is 13.6. The molecule has 0 saturated carbocycles. The van der Waals surface area contributed by atoms with Crippen molar-refractivity contribution in [3.63, 3.8) is 0 Å². The predicted octanol–water partition coefficient (Wildman–Crippen LogP) is 1.92. The number of Topliss-reactive ketones (excluding diaryl/α,β-unsaturated/α-hetero) is 1. The minimum Gasteiger partial charge on any atom is -0.479 e. The van der Waals surface area contributed by atoms with E-state index in [1.54, 1.807) is 31.2 Å². The molecule has 0 amide bonds. The maximum absolute atomic E-state index is 13.6. The number of rotatable bonds is 8. The van der Waals surface area contributed by atoms with Crippen molar-refractivity contribution in [1.29, 1.82) is 0 Å². The van der Waals surface area contributed by atoms with Crippen LogP contribution in [0.2, 0.25) is 0 Å². The van der Waals surface area contributed by atoms with Crippen molar-refractivity contribution >= 4 is 25.5 Å². The molecule has 2 aliphatic heterocycles. The maximum atomic E-state index is 13.6. The zero-order valence-corrected chi connectivity index (χ0v) is 21.7. The van der Waals surface area contributed by atoms with Gasteiger partial charge in [0.15, 0.2) is 11.4 Å². The molecule has 1 atom stereocenters. The molecule has 2 aliphatic rings. The minimum absolute atomic E-state index is 0.0415. The fourth-order valence-corrected chi connectivity index (χ4v) is 5.81. The van der Waals surface area contributed by atoms with Gasteiger partial charge in [-0.25, -0.2) is 16.8 Å². The third kappa shape index (κ3) is 7.77. The van der Waals surface area contributed by atoms with Crippen LogP contribution in [0.15, 0.2) is 24.3 Å². The molecular formula is C23H37NO7S2. The van der Waals surface area contributed by atoms with Gasteiger partial charge in [-0.2, -0.15) is 0 Å². The van der Waals surface area contributed by atoms with Gasteiger partial charge in [0.2, 0.25) is 0 Å². The lowest BCUT2D eigenvalue weighted by Crippen LogP contribution is -2.57. The minimum atomic E-state index is -3.33. The Hall–Kier alpha value is -1.49. The number of sulfone groups is 2. The van der Waals surface area contributed by atoms with Crippen LogP contribution in [0.4, 0.5) is 0 Å². The number of para-hydroxylation sites is 1. The van der Waals surface area contributed by atoms with E-state index in [9.17, 15) is 21.6 Å². The van der Waals surface area contributed by atoms with E-state index in [0.29, 0.717) is 24.2 Å². The SMILES string of the molecule is C1COCCN1.CCCC1(C)Oc2ccccc2C(CCS(C)(=O)=O)(CCS(C)(=O)=O)C1=O. The second kappa shape index (κ2) is 11.3. The van der Waals surface area contributed by atoms with E-state index in [-0.39, 0.29) is 30.1 Å². The first kappa shape index (κ1) is 27.8. The molecule has 2 heterocycles. The van der Waals surface area contributed by atoms with Crippen molar-refractivity contribution in [2.45, 2.75) is 50.5 Å². The van der Waals surface area contributed by atoms with E-state index in [1.807, 2.05) is 6.92 Å². The summed E-state index contributed by atoms with van der Waals surface area (Å²) in [5, 5.41) is 3.16. The number of hydrogen-bond acceptors (Lipinski definition) is 8. The second-order valence-electron chi connectivity index (χ2n) is 9.11. The van der Waals surface area contributed by atoms with E-state index in [2.05, 4.69) is 5.32 Å². The highest BCUT2D eigenvalue weighted by molar-refractivity contribution is 7.90. The van der Waals surface area contributed by atoms with Crippen molar-refractivity contribution in [2.24, 2.45) is 0 Å². The Morgan fingerprint density at radius 3 is 1.91 bits per heavy atom. The van der Waals surface area contributed by atoms with Crippen LogP contribution >= 0.6 is 0 Å². The number of ether oxygens (including phenoxy) is 2. The van der Waals surface area contributed by atoms with Crippen LogP contribution in [-0.4, -0.2) is 78.5 Å². The van der Waals surface area contributed by atoms with Gasteiger partial charge in [-0.05, 0) is 32.3 Å². The fourth-order valence-electron chi connectivity index (χ4n) is 4.37. The lowest BCUT2D eigenvalue weighted by Gasteiger charge is -2.46. The van der Waals surface area contributed by atoms with Gasteiger partial charge in [0.1, 0.15) is 25.4 Å². The van der Waals surface area contributed by atoms with Crippen molar-refractivity contribution in [1.82, 2.24) is 5.32 Å². The molecule has 0 spiro atoms. The number of carbonyl (C=O) groups is 1. The zero-order chi connectivity index (χ0) is 24.8. The Balaban J connectivity index is 0.000000554. The number of hydrogen-bond donors (Lipinski definition) is 1. The van der Waals surface area contributed by atoms with Crippen molar-refractivity contribution in [3.05, 3.63) is 29.8 Å². The van der Waals surface area contributed by atoms with E-state index < -0.39 is 30.7 Å². The van der Waals surface area contributed by atoms with Gasteiger partial charge in [0, 0.05) is 31.2 Å². The molecule has 1 aromatic carbocycles. The molecule has 0 bridgehead atoms. The van der Waals surface area contributed by atoms with Crippen LogP contribution in [0.1, 0.15) is 45.1 Å². The average molecular weight is 504 g/mol. The van der Waals surface area contributed by atoms with E-state index in [1.165, 1.54) is 0 Å². The number of nitrogens with one attached hydrogen (secondary N) is 1. The van der Waals surface area contributed by atoms with Crippen LogP contribution in [0.5, 0.6) is 5.75 Å². The van der Waals surface area contributed by atoms with Crippen LogP contribution in [0.3, 0.4) is 0 Å². The summed E-state index contributed by atoms with van der Waals surface area (Å²) < 4.78 is 58.5. The first-order valence-electron chi connectivity index (χ1n) is 11.3. The molecule has 1 fully saturated rings. The summed E-state index contributed by atoms with van der Waals surface area (Å²) in [4.78, 5) is 13.6. The van der Waals surface area contributed by atoms with Crippen LogP contribution in [-0.2, 0) is 34.6 Å². The maximum Gasteiger partial charge on any atom is 0.186 e. The third-order valence-corrected chi connectivity index (χ3v) is 7.92. The number of carbonyl (C=O) groups excluding carboxylic acids is 1. The van der Waals surface area contributed by atoms with Gasteiger partial charge in [0.25, 0.3) is 0 Å². The Kier molecular flexibility index (Phi) is 9.50. The molecular weight excluding hydrogens is 466 g/mol. The number of fused-ring (bicyclic) bond motifs is 1. The monoisotopic (exact) mass is 503 g/mol. The van der Waals surface area contributed by atoms with Gasteiger partial charge in [-0.15, -0.1) is 0 Å². The molecule has 8 nitrogen and oxygen atoms in total. The molecule has 0 radical (unpaired) electrons. The summed E-state index contributed by atoms with van der Waals surface area (Å²) >= 11 is 0. The van der Waals surface area contributed by atoms with Crippen molar-refractivity contribution in [3.8, 4) is 5.75 Å². The highest BCUT2D eigenvalue weighted by Crippen LogP contribution is 2.48. The highest BCUT2D eigenvalue weighted by Gasteiger charge is 2.54. The summed E-state index contributed by atoms with van der Waals surface area (Å²) in [5.41, 5.74) is -1.74. The quantitative estimate of drug-likeness (QED) is 0.572. The lowest BCUT2D eigenvalue weighted by molar-refractivity contribution is -0.143. The van der Waals surface area contributed by atoms with Crippen molar-refractivity contribution < 1.29 is 31.1 Å². The van der Waals surface area contributed by atoms with E-state index in [4.69, 9.17) is 9.47 Å². The summed E-state index contributed by atoms with van der Waals surface area (Å²) in [6.07, 6.45) is 3.51. The smallest absolute Gasteiger partial charge is 0.186 e. The Morgan fingerprint density at radius 1 is 0.939 bits per heavy atom. The van der Waals surface area contributed by atoms with Crippen LogP contribution in [0.25, 0.3) is 0 Å². The first-order chi connectivity index (χ1) is 15.3. The molecule has 0 aromatic heterocycles. The Bertz CT molecular complexity index is 969. The molecule has 3 rings (SSSR count). The zero-order valence-electron chi connectivity index (χ0n) is 20.1. The molecule has 1 unspecified atom stereocenters. The van der Waals surface area contributed by atoms with Gasteiger partial charge in [0.05, 0.1) is 30.1 Å². The van der Waals surface area contributed by atoms with Gasteiger partial charge in [-0.1, -0.05) is 31.5 Å². The standard InChI is InChI=1S/C19H28O6S2.C4H9NO/c1-5-10-18(2)17(20)19(11-13-26(3,21)22,12-14-27(4,23)24)15-8-6-7-9-16(15)25-18;1-3-6-4-2-5-1/h6-9H,5,10-14H2,1-4H3;5H,1-4H2. The molecule has 33 heavy (non-hydrogen) atoms. The third-order valence-electron chi connectivity index (χ3n) is 6.03. The highest BCUT2D eigenvalue weighted by atomic mass is 32.2. The predicted molar refractivity (Wildman–Crippen MR) is 129 cm³/mol. The molecule has 10 heteroatoms. The molecule has 188 valence electrons. The first-order valence-corrected chi connectivity index (χ1v) is 15.4. The molecule has 1 saturated heterocycles. The fraction of sp³-hybridized carbons (Fsp3) is 0.696. The number of morpholine rings is 1. The van der Waals surface area contributed by atoms with Crippen LogP contribution in [0, 0.1) is 0 Å². The van der Waals surface area contributed by atoms with Gasteiger partial charge < -0.3 is 14.8 Å². The van der Waals surface area contributed by atoms with Gasteiger partial charge in [-0.3, -0.25) is 4.79 Å². The van der Waals surface area contributed by atoms with Crippen LogP contribution < -0.4 is 10.1 Å². The number of ketones is 1. The molecule has 1 N–H and O–H groups in total. The summed E-state index contributed by atoms with van der Waals surface area (Å²) in [5.74, 6) is -0.101. The Labute approximate surface area is 198 Å². The van der Waals surface area contributed by atoms with E-state index in [0.717, 1.165) is 38.8 Å². The Morgan fingerprint density at radius 2 is 1.48 bits per heavy atom. The topological polar surface area (TPSA) is 116 Å². The molecule has 1 aromatic rings. The van der Waals surface area contributed by atoms with E-state index >= 15 is 0 Å². The summed E-state index contributed by atoms with van der Waals surface area (Å²) in [7, 11) is -6.67. The summed E-state index contributed by atoms with van der Waals surface area (Å²) in [6, 6.07) is 7.04. The lowest BCUT2D eigenvalue weighted by atomic mass is 9.65. The molecule has 0 aliphatic carbocycles. The largest absolute Gasteiger partial charge is 0.479 e. The average Bonchev–Trinajstić information content (AvgIpc) is 2.74. The van der Waals surface area contributed by atoms with Crippen molar-refractivity contribution in [2.75, 3.05) is 50.3 Å². The number of benzene rings is 1. The normalized spacial score (nSPS) is 22.5. The summed E-state index contributed by atoms with van der Waals surface area (Å²) in [6.45, 7) is 7.49. The van der Waals surface area contributed by atoms with Gasteiger partial charge >= 0.3 is 0 Å².